The van der Waals surface area contributed by atoms with Gasteiger partial charge in [-0.2, -0.15) is 5.10 Å². The molecule has 1 amide bonds. The van der Waals surface area contributed by atoms with Crippen molar-refractivity contribution in [3.63, 3.8) is 0 Å². The minimum Gasteiger partial charge on any atom is -0.380 e. The number of alkyl halides is 2. The number of fused-ring (bicyclic) bond motifs is 1. The minimum atomic E-state index is -2.90. The van der Waals surface area contributed by atoms with Crippen LogP contribution in [0.3, 0.4) is 0 Å². The van der Waals surface area contributed by atoms with Gasteiger partial charge in [-0.25, -0.2) is 22.7 Å². The van der Waals surface area contributed by atoms with Crippen molar-refractivity contribution in [1.82, 2.24) is 19.5 Å². The van der Waals surface area contributed by atoms with E-state index < -0.39 is 23.8 Å². The molecular formula is C21H20F3N5O2. The largest absolute Gasteiger partial charge is 0.380 e. The maximum absolute atomic E-state index is 14.5. The molecule has 0 aliphatic carbocycles. The van der Waals surface area contributed by atoms with Crippen molar-refractivity contribution in [3.8, 4) is 0 Å². The molecule has 2 aliphatic heterocycles. The van der Waals surface area contributed by atoms with E-state index in [0.717, 1.165) is 6.07 Å². The van der Waals surface area contributed by atoms with Gasteiger partial charge < -0.3 is 15.0 Å². The smallest absolute Gasteiger partial charge is 0.266 e. The Morgan fingerprint density at radius 2 is 2.00 bits per heavy atom. The number of benzene rings is 1. The summed E-state index contributed by atoms with van der Waals surface area (Å²) < 4.78 is 47.3. The van der Waals surface area contributed by atoms with Crippen LogP contribution < -0.4 is 5.32 Å². The molecule has 5 rings (SSSR count). The number of hydrogen-bond acceptors (Lipinski definition) is 5. The summed E-state index contributed by atoms with van der Waals surface area (Å²) >= 11 is 0. The third-order valence-electron chi connectivity index (χ3n) is 5.92. The van der Waals surface area contributed by atoms with Gasteiger partial charge in [0.2, 0.25) is 0 Å². The number of ether oxygens (including phenoxy) is 1. The van der Waals surface area contributed by atoms with Gasteiger partial charge in [-0.1, -0.05) is 18.2 Å². The lowest BCUT2D eigenvalue weighted by Crippen LogP contribution is -2.67. The van der Waals surface area contributed by atoms with Gasteiger partial charge in [0, 0.05) is 24.8 Å². The lowest BCUT2D eigenvalue weighted by Gasteiger charge is -2.54. The second kappa shape index (κ2) is 7.23. The Morgan fingerprint density at radius 3 is 2.68 bits per heavy atom. The Morgan fingerprint density at radius 1 is 1.26 bits per heavy atom. The second-order valence-corrected chi connectivity index (χ2v) is 8.24. The first-order chi connectivity index (χ1) is 14.9. The molecule has 7 nitrogen and oxygen atoms in total. The number of halogens is 3. The molecule has 4 heterocycles. The van der Waals surface area contributed by atoms with Crippen molar-refractivity contribution >= 4 is 17.2 Å². The standard InChI is InChI=1S/C21H20F3N5O2/c1-12(14-3-2-4-15(17(14)22)18(23)24)27-19-16-5-13(6-29(16)26-11-25-19)20(30)28-7-21(8-28)9-31-10-21/h2-6,11-12,18H,7-10H2,1H3,(H,25,26,27)/t12-/m1/s1. The zero-order valence-corrected chi connectivity index (χ0v) is 16.7. The predicted molar refractivity (Wildman–Crippen MR) is 106 cm³/mol. The fourth-order valence-electron chi connectivity index (χ4n) is 4.18. The average molecular weight is 431 g/mol. The van der Waals surface area contributed by atoms with Crippen LogP contribution in [0.5, 0.6) is 0 Å². The first kappa shape index (κ1) is 19.8. The van der Waals surface area contributed by atoms with E-state index in [1.165, 1.54) is 23.0 Å². The van der Waals surface area contributed by atoms with Gasteiger partial charge in [0.25, 0.3) is 12.3 Å². The van der Waals surface area contributed by atoms with Gasteiger partial charge in [0.1, 0.15) is 17.7 Å². The van der Waals surface area contributed by atoms with Crippen LogP contribution in [0.1, 0.15) is 40.9 Å². The van der Waals surface area contributed by atoms with E-state index in [-0.39, 0.29) is 16.9 Å². The third-order valence-corrected chi connectivity index (χ3v) is 5.92. The normalized spacial score (nSPS) is 18.2. The number of amides is 1. The maximum atomic E-state index is 14.5. The fourth-order valence-corrected chi connectivity index (χ4v) is 4.18. The summed E-state index contributed by atoms with van der Waals surface area (Å²) in [5.41, 5.74) is 0.584. The molecular weight excluding hydrogens is 411 g/mol. The summed E-state index contributed by atoms with van der Waals surface area (Å²) in [5, 5.41) is 7.19. The molecule has 1 atom stereocenters. The molecule has 31 heavy (non-hydrogen) atoms. The highest BCUT2D eigenvalue weighted by molar-refractivity contribution is 5.97. The first-order valence-electron chi connectivity index (χ1n) is 9.90. The molecule has 0 bridgehead atoms. The first-order valence-corrected chi connectivity index (χ1v) is 9.90. The number of anilines is 1. The molecule has 1 spiro atoms. The van der Waals surface area contributed by atoms with Gasteiger partial charge in [0.05, 0.1) is 35.8 Å². The summed E-state index contributed by atoms with van der Waals surface area (Å²) in [4.78, 5) is 18.8. The summed E-state index contributed by atoms with van der Waals surface area (Å²) in [6.07, 6.45) is 0.0337. The van der Waals surface area contributed by atoms with E-state index in [4.69, 9.17) is 4.74 Å². The summed E-state index contributed by atoms with van der Waals surface area (Å²) in [6, 6.07) is 4.95. The molecule has 0 saturated carbocycles. The van der Waals surface area contributed by atoms with Crippen LogP contribution in [0.2, 0.25) is 0 Å². The van der Waals surface area contributed by atoms with E-state index in [1.807, 2.05) is 0 Å². The second-order valence-electron chi connectivity index (χ2n) is 8.24. The quantitative estimate of drug-likeness (QED) is 0.670. The molecule has 0 unspecified atom stereocenters. The molecule has 1 N–H and O–H groups in total. The van der Waals surface area contributed by atoms with Gasteiger partial charge in [-0.15, -0.1) is 0 Å². The number of rotatable bonds is 5. The van der Waals surface area contributed by atoms with Crippen molar-refractivity contribution in [2.24, 2.45) is 5.41 Å². The lowest BCUT2D eigenvalue weighted by molar-refractivity contribution is -0.176. The molecule has 2 fully saturated rings. The fraction of sp³-hybridized carbons (Fsp3) is 0.381. The van der Waals surface area contributed by atoms with E-state index in [1.54, 1.807) is 24.1 Å². The van der Waals surface area contributed by atoms with Crippen molar-refractivity contribution in [1.29, 1.82) is 0 Å². The molecule has 2 aromatic heterocycles. The predicted octanol–water partition coefficient (Wildman–Crippen LogP) is 3.45. The van der Waals surface area contributed by atoms with Crippen molar-refractivity contribution in [2.45, 2.75) is 19.4 Å². The zero-order chi connectivity index (χ0) is 21.8. The van der Waals surface area contributed by atoms with Crippen molar-refractivity contribution in [2.75, 3.05) is 31.6 Å². The number of likely N-dealkylation sites (tertiary alicyclic amines) is 1. The number of nitrogens with one attached hydrogen (secondary N) is 1. The molecule has 10 heteroatoms. The average Bonchev–Trinajstić information content (AvgIpc) is 3.11. The van der Waals surface area contributed by atoms with Crippen molar-refractivity contribution < 1.29 is 22.7 Å². The number of hydrogen-bond donors (Lipinski definition) is 1. The Labute approximate surface area is 175 Å². The summed E-state index contributed by atoms with van der Waals surface area (Å²) in [7, 11) is 0. The Balaban J connectivity index is 1.38. The SMILES string of the molecule is C[C@@H](Nc1ncnn2cc(C(=O)N3CC4(COC4)C3)cc12)c1cccc(C(F)F)c1F. The van der Waals surface area contributed by atoms with Crippen LogP contribution in [-0.2, 0) is 4.74 Å². The topological polar surface area (TPSA) is 71.8 Å². The molecule has 0 radical (unpaired) electrons. The maximum Gasteiger partial charge on any atom is 0.266 e. The molecule has 2 aliphatic rings. The van der Waals surface area contributed by atoms with Crippen LogP contribution >= 0.6 is 0 Å². The van der Waals surface area contributed by atoms with E-state index in [9.17, 15) is 18.0 Å². The number of nitrogens with zero attached hydrogens (tertiary/aromatic N) is 4. The highest BCUT2D eigenvalue weighted by atomic mass is 19.3. The number of carbonyl (C=O) groups excluding carboxylic acids is 1. The zero-order valence-electron chi connectivity index (χ0n) is 16.7. The van der Waals surface area contributed by atoms with Crippen molar-refractivity contribution in [3.05, 3.63) is 59.3 Å². The van der Waals surface area contributed by atoms with Crippen LogP contribution in [0.25, 0.3) is 5.52 Å². The Kier molecular flexibility index (Phi) is 4.62. The minimum absolute atomic E-state index is 0.0993. The van der Waals surface area contributed by atoms with E-state index >= 15 is 0 Å². The van der Waals surface area contributed by atoms with Gasteiger partial charge in [-0.05, 0) is 13.0 Å². The third kappa shape index (κ3) is 3.31. The highest BCUT2D eigenvalue weighted by Gasteiger charge is 2.50. The number of aromatic nitrogens is 3. The van der Waals surface area contributed by atoms with E-state index in [2.05, 4.69) is 15.4 Å². The molecule has 1 aromatic carbocycles. The van der Waals surface area contributed by atoms with Crippen LogP contribution in [0, 0.1) is 11.2 Å². The molecule has 162 valence electrons. The van der Waals surface area contributed by atoms with Gasteiger partial charge in [-0.3, -0.25) is 4.79 Å². The highest BCUT2D eigenvalue weighted by Crippen LogP contribution is 2.38. The van der Waals surface area contributed by atoms with Crippen LogP contribution in [0.4, 0.5) is 19.0 Å². The summed E-state index contributed by atoms with van der Waals surface area (Å²) in [5.74, 6) is -0.672. The van der Waals surface area contributed by atoms with E-state index in [0.29, 0.717) is 43.2 Å². The Bertz CT molecular complexity index is 1150. The van der Waals surface area contributed by atoms with Crippen LogP contribution in [0.15, 0.2) is 36.8 Å². The summed E-state index contributed by atoms with van der Waals surface area (Å²) in [6.45, 7) is 4.38. The van der Waals surface area contributed by atoms with Gasteiger partial charge in [0.15, 0.2) is 5.82 Å². The monoisotopic (exact) mass is 431 g/mol. The lowest BCUT2D eigenvalue weighted by atomic mass is 9.78. The Hall–Kier alpha value is -3.14. The molecule has 2 saturated heterocycles. The molecule has 3 aromatic rings. The van der Waals surface area contributed by atoms with Gasteiger partial charge >= 0.3 is 0 Å². The number of carbonyl (C=O) groups is 1. The van der Waals surface area contributed by atoms with Crippen LogP contribution in [-0.4, -0.2) is 51.7 Å².